The normalized spacial score (nSPS) is 21.3. The van der Waals surface area contributed by atoms with Crippen LogP contribution in [0.15, 0.2) is 23.1 Å². The van der Waals surface area contributed by atoms with E-state index in [1.54, 1.807) is 0 Å². The number of thioether (sulfide) groups is 1. The van der Waals surface area contributed by atoms with Crippen molar-refractivity contribution in [1.29, 1.82) is 0 Å². The number of nitrogens with one attached hydrogen (secondary N) is 3. The standard InChI is InChI=1S/C15H17N5O6S/c1-7-14(23)17-5-12(21)19-10(13(16)22)6-27-11-3-2-8(20(25)26)4-9(11)15(24)18-7/h2-4,7,10H,5-6H2,1H3,(H2,16,22)(H,17,23)(H,18,24)(H,19,21)/t7-,10-/m0/s1. The Balaban J connectivity index is 2.43. The van der Waals surface area contributed by atoms with E-state index in [-0.39, 0.29) is 17.0 Å². The lowest BCUT2D eigenvalue weighted by Gasteiger charge is -2.15. The lowest BCUT2D eigenvalue weighted by molar-refractivity contribution is -0.384. The topological polar surface area (TPSA) is 174 Å². The van der Waals surface area contributed by atoms with Crippen LogP contribution in [0.2, 0.25) is 0 Å². The molecule has 1 aromatic rings. The summed E-state index contributed by atoms with van der Waals surface area (Å²) in [4.78, 5) is 58.6. The number of carbonyl (C=O) groups is 4. The summed E-state index contributed by atoms with van der Waals surface area (Å²) in [6.07, 6.45) is 0. The van der Waals surface area contributed by atoms with Gasteiger partial charge in [-0.25, -0.2) is 0 Å². The van der Waals surface area contributed by atoms with Gasteiger partial charge < -0.3 is 21.7 Å². The Hall–Kier alpha value is -3.15. The van der Waals surface area contributed by atoms with Crippen LogP contribution in [0.4, 0.5) is 5.69 Å². The second-order valence-electron chi connectivity index (χ2n) is 5.68. The molecule has 2 atom stereocenters. The summed E-state index contributed by atoms with van der Waals surface area (Å²) < 4.78 is 0. The average Bonchev–Trinajstić information content (AvgIpc) is 2.62. The third kappa shape index (κ3) is 5.17. The van der Waals surface area contributed by atoms with Crippen molar-refractivity contribution >= 4 is 41.1 Å². The van der Waals surface area contributed by atoms with Crippen LogP contribution in [0.5, 0.6) is 0 Å². The number of hydrogen-bond acceptors (Lipinski definition) is 7. The molecule has 4 amide bonds. The highest BCUT2D eigenvalue weighted by Crippen LogP contribution is 2.27. The number of rotatable bonds is 2. The summed E-state index contributed by atoms with van der Waals surface area (Å²) in [5, 5.41) is 18.2. The number of amides is 4. The number of carbonyl (C=O) groups excluding carboxylic acids is 4. The van der Waals surface area contributed by atoms with Gasteiger partial charge in [0.15, 0.2) is 0 Å². The number of nitro benzene ring substituents is 1. The molecule has 0 saturated carbocycles. The van der Waals surface area contributed by atoms with Crippen LogP contribution < -0.4 is 21.7 Å². The van der Waals surface area contributed by atoms with Crippen molar-refractivity contribution in [2.75, 3.05) is 12.3 Å². The summed E-state index contributed by atoms with van der Waals surface area (Å²) in [5.41, 5.74) is 4.95. The van der Waals surface area contributed by atoms with E-state index in [9.17, 15) is 29.3 Å². The van der Waals surface area contributed by atoms with Gasteiger partial charge in [-0.1, -0.05) is 0 Å². The Morgan fingerprint density at radius 2 is 2.00 bits per heavy atom. The monoisotopic (exact) mass is 395 g/mol. The SMILES string of the molecule is C[C@@H]1NC(=O)c2cc([N+](=O)[O-])ccc2SC[C@@H](C(N)=O)NC(=O)CNC1=O. The van der Waals surface area contributed by atoms with Crippen molar-refractivity contribution in [3.8, 4) is 0 Å². The zero-order valence-electron chi connectivity index (χ0n) is 14.2. The molecule has 2 rings (SSSR count). The molecule has 1 aromatic carbocycles. The fourth-order valence-corrected chi connectivity index (χ4v) is 3.27. The zero-order chi connectivity index (χ0) is 20.1. The Morgan fingerprint density at radius 3 is 2.63 bits per heavy atom. The summed E-state index contributed by atoms with van der Waals surface area (Å²) in [5.74, 6) is -2.73. The Bertz CT molecular complexity index is 814. The van der Waals surface area contributed by atoms with Crippen LogP contribution in [-0.2, 0) is 14.4 Å². The van der Waals surface area contributed by atoms with E-state index in [2.05, 4.69) is 16.0 Å². The first-order valence-corrected chi connectivity index (χ1v) is 8.76. The van der Waals surface area contributed by atoms with Crippen molar-refractivity contribution < 1.29 is 24.1 Å². The average molecular weight is 395 g/mol. The molecule has 11 nitrogen and oxygen atoms in total. The molecule has 1 aliphatic heterocycles. The lowest BCUT2D eigenvalue weighted by Crippen LogP contribution is -2.51. The van der Waals surface area contributed by atoms with Crippen molar-refractivity contribution in [3.63, 3.8) is 0 Å². The van der Waals surface area contributed by atoms with Crippen LogP contribution >= 0.6 is 11.8 Å². The molecule has 27 heavy (non-hydrogen) atoms. The molecule has 5 N–H and O–H groups in total. The Labute approximate surface area is 157 Å². The molecular weight excluding hydrogens is 378 g/mol. The molecule has 12 heteroatoms. The van der Waals surface area contributed by atoms with E-state index in [4.69, 9.17) is 5.73 Å². The van der Waals surface area contributed by atoms with Gasteiger partial charge in [-0.3, -0.25) is 29.3 Å². The molecule has 1 aliphatic rings. The Morgan fingerprint density at radius 1 is 1.30 bits per heavy atom. The van der Waals surface area contributed by atoms with Gasteiger partial charge in [-0.15, -0.1) is 11.8 Å². The van der Waals surface area contributed by atoms with Crippen LogP contribution in [-0.4, -0.2) is 52.9 Å². The second-order valence-corrected chi connectivity index (χ2v) is 6.75. The molecule has 0 bridgehead atoms. The van der Waals surface area contributed by atoms with Gasteiger partial charge in [-0.2, -0.15) is 0 Å². The highest BCUT2D eigenvalue weighted by atomic mass is 32.2. The van der Waals surface area contributed by atoms with Gasteiger partial charge in [0.05, 0.1) is 17.0 Å². The summed E-state index contributed by atoms with van der Waals surface area (Å²) >= 11 is 1.03. The van der Waals surface area contributed by atoms with E-state index < -0.39 is 47.2 Å². The maximum absolute atomic E-state index is 12.5. The number of nitrogens with two attached hydrogens (primary N) is 1. The number of nitro groups is 1. The zero-order valence-corrected chi connectivity index (χ0v) is 15.0. The largest absolute Gasteiger partial charge is 0.368 e. The Kier molecular flexibility index (Phi) is 6.34. The first-order valence-electron chi connectivity index (χ1n) is 7.77. The molecule has 0 unspecified atom stereocenters. The van der Waals surface area contributed by atoms with Gasteiger partial charge >= 0.3 is 0 Å². The number of primary amides is 1. The molecule has 0 radical (unpaired) electrons. The molecule has 0 aromatic heterocycles. The van der Waals surface area contributed by atoms with Crippen LogP contribution in [0.25, 0.3) is 0 Å². The maximum atomic E-state index is 12.5. The van der Waals surface area contributed by atoms with E-state index in [1.165, 1.54) is 19.1 Å². The van der Waals surface area contributed by atoms with Crippen LogP contribution in [0, 0.1) is 10.1 Å². The summed E-state index contributed by atoms with van der Waals surface area (Å²) in [7, 11) is 0. The van der Waals surface area contributed by atoms with Gasteiger partial charge in [0.1, 0.15) is 12.1 Å². The van der Waals surface area contributed by atoms with E-state index >= 15 is 0 Å². The number of nitrogens with zero attached hydrogens (tertiary/aromatic N) is 1. The lowest BCUT2D eigenvalue weighted by atomic mass is 10.1. The van der Waals surface area contributed by atoms with E-state index in [1.807, 2.05) is 0 Å². The van der Waals surface area contributed by atoms with E-state index in [0.717, 1.165) is 17.8 Å². The fourth-order valence-electron chi connectivity index (χ4n) is 2.21. The maximum Gasteiger partial charge on any atom is 0.270 e. The highest BCUT2D eigenvalue weighted by molar-refractivity contribution is 7.99. The quantitative estimate of drug-likeness (QED) is 0.363. The second kappa shape index (κ2) is 8.49. The minimum Gasteiger partial charge on any atom is -0.368 e. The molecule has 0 saturated heterocycles. The van der Waals surface area contributed by atoms with E-state index in [0.29, 0.717) is 4.90 Å². The van der Waals surface area contributed by atoms with Crippen molar-refractivity contribution in [1.82, 2.24) is 16.0 Å². The molecule has 1 heterocycles. The third-order valence-electron chi connectivity index (χ3n) is 3.67. The smallest absolute Gasteiger partial charge is 0.270 e. The summed E-state index contributed by atoms with van der Waals surface area (Å²) in [6, 6.07) is 1.62. The number of hydrogen-bond donors (Lipinski definition) is 4. The molecular formula is C15H17N5O6S. The van der Waals surface area contributed by atoms with Crippen LogP contribution in [0.3, 0.4) is 0 Å². The molecule has 0 spiro atoms. The first kappa shape index (κ1) is 20.2. The molecule has 0 fully saturated rings. The third-order valence-corrected chi connectivity index (χ3v) is 4.83. The van der Waals surface area contributed by atoms with Gasteiger partial charge in [0, 0.05) is 22.8 Å². The fraction of sp³-hybridized carbons (Fsp3) is 0.333. The molecule has 144 valence electrons. The predicted molar refractivity (Wildman–Crippen MR) is 94.9 cm³/mol. The number of benzene rings is 1. The predicted octanol–water partition coefficient (Wildman–Crippen LogP) is -1.09. The molecule has 0 aliphatic carbocycles. The number of fused-ring (bicyclic) bond motifs is 1. The minimum atomic E-state index is -1.05. The van der Waals surface area contributed by atoms with Gasteiger partial charge in [0.25, 0.3) is 11.6 Å². The first-order chi connectivity index (χ1) is 12.7. The number of non-ortho nitro benzene ring substituents is 1. The highest BCUT2D eigenvalue weighted by Gasteiger charge is 2.25. The van der Waals surface area contributed by atoms with Crippen molar-refractivity contribution in [3.05, 3.63) is 33.9 Å². The van der Waals surface area contributed by atoms with Crippen molar-refractivity contribution in [2.45, 2.75) is 23.9 Å². The summed E-state index contributed by atoms with van der Waals surface area (Å²) in [6.45, 7) is 1.01. The minimum absolute atomic E-state index is 0.00264. The van der Waals surface area contributed by atoms with Gasteiger partial charge in [0.2, 0.25) is 17.7 Å². The van der Waals surface area contributed by atoms with Gasteiger partial charge in [-0.05, 0) is 13.0 Å². The van der Waals surface area contributed by atoms with Crippen LogP contribution in [0.1, 0.15) is 17.3 Å². The van der Waals surface area contributed by atoms with Crippen molar-refractivity contribution in [2.24, 2.45) is 5.73 Å².